The number of anilines is 1. The second-order valence-corrected chi connectivity index (χ2v) is 4.51. The maximum Gasteiger partial charge on any atom is 0.573 e. The van der Waals surface area contributed by atoms with Crippen LogP contribution in [0.4, 0.5) is 18.9 Å². The normalized spacial score (nSPS) is 11.4. The maximum atomic E-state index is 12.4. The van der Waals surface area contributed by atoms with E-state index < -0.39 is 18.0 Å². The zero-order valence-corrected chi connectivity index (χ0v) is 11.4. The monoisotopic (exact) mass is 322 g/mol. The van der Waals surface area contributed by atoms with Crippen molar-refractivity contribution in [3.8, 4) is 5.75 Å². The van der Waals surface area contributed by atoms with E-state index in [1.807, 2.05) is 0 Å². The summed E-state index contributed by atoms with van der Waals surface area (Å²) in [6.45, 7) is 0. The molecule has 1 N–H and O–H groups in total. The highest BCUT2D eigenvalue weighted by molar-refractivity contribution is 6.06. The molecule has 0 radical (unpaired) electrons. The van der Waals surface area contributed by atoms with Crippen molar-refractivity contribution in [2.45, 2.75) is 6.36 Å². The molecule has 1 aromatic carbocycles. The summed E-state index contributed by atoms with van der Waals surface area (Å²) in [6.07, 6.45) is -1.90. The van der Waals surface area contributed by atoms with E-state index in [-0.39, 0.29) is 5.56 Å². The van der Waals surface area contributed by atoms with E-state index in [9.17, 15) is 18.0 Å². The van der Waals surface area contributed by atoms with E-state index in [2.05, 4.69) is 20.3 Å². The van der Waals surface area contributed by atoms with Crippen LogP contribution in [0.1, 0.15) is 10.4 Å². The SMILES string of the molecule is O=C(Nc1ccc2nncn2c1)c1ccccc1OC(F)(F)F. The first kappa shape index (κ1) is 14.8. The van der Waals surface area contributed by atoms with Crippen LogP contribution in [0.5, 0.6) is 5.75 Å². The lowest BCUT2D eigenvalue weighted by Crippen LogP contribution is -2.20. The van der Waals surface area contributed by atoms with Gasteiger partial charge in [0.2, 0.25) is 0 Å². The van der Waals surface area contributed by atoms with Crippen molar-refractivity contribution < 1.29 is 22.7 Å². The van der Waals surface area contributed by atoms with E-state index >= 15 is 0 Å². The number of para-hydroxylation sites is 1. The smallest absolute Gasteiger partial charge is 0.405 e. The van der Waals surface area contributed by atoms with Gasteiger partial charge in [-0.15, -0.1) is 23.4 Å². The molecule has 118 valence electrons. The molecule has 0 saturated heterocycles. The number of carbonyl (C=O) groups is 1. The van der Waals surface area contributed by atoms with Crippen molar-refractivity contribution in [1.82, 2.24) is 14.6 Å². The number of nitrogens with one attached hydrogen (secondary N) is 1. The van der Waals surface area contributed by atoms with Gasteiger partial charge in [0, 0.05) is 6.20 Å². The summed E-state index contributed by atoms with van der Waals surface area (Å²) in [5.41, 5.74) is 0.724. The molecule has 0 unspecified atom stereocenters. The molecule has 1 amide bonds. The number of nitrogens with zero attached hydrogens (tertiary/aromatic N) is 3. The Kier molecular flexibility index (Phi) is 3.61. The first-order chi connectivity index (χ1) is 10.9. The Balaban J connectivity index is 1.85. The van der Waals surface area contributed by atoms with Gasteiger partial charge in [0.05, 0.1) is 11.3 Å². The van der Waals surface area contributed by atoms with Crippen LogP contribution in [-0.4, -0.2) is 26.9 Å². The minimum atomic E-state index is -4.88. The van der Waals surface area contributed by atoms with Crippen molar-refractivity contribution in [3.63, 3.8) is 0 Å². The highest BCUT2D eigenvalue weighted by Gasteiger charge is 2.32. The van der Waals surface area contributed by atoms with Gasteiger partial charge in [-0.3, -0.25) is 9.20 Å². The molecule has 2 heterocycles. The van der Waals surface area contributed by atoms with E-state index in [1.54, 1.807) is 22.7 Å². The number of ether oxygens (including phenoxy) is 1. The van der Waals surface area contributed by atoms with Crippen molar-refractivity contribution in [3.05, 3.63) is 54.5 Å². The molecular weight excluding hydrogens is 313 g/mol. The van der Waals surface area contributed by atoms with Gasteiger partial charge < -0.3 is 10.1 Å². The number of aromatic nitrogens is 3. The molecule has 0 atom stereocenters. The fraction of sp³-hybridized carbons (Fsp3) is 0.0714. The van der Waals surface area contributed by atoms with Crippen molar-refractivity contribution in [1.29, 1.82) is 0 Å². The third kappa shape index (κ3) is 3.39. The molecule has 0 spiro atoms. The van der Waals surface area contributed by atoms with Gasteiger partial charge in [-0.2, -0.15) is 0 Å². The Morgan fingerprint density at radius 2 is 1.96 bits per heavy atom. The number of rotatable bonds is 3. The Labute approximate surface area is 127 Å². The van der Waals surface area contributed by atoms with E-state index in [0.717, 1.165) is 6.07 Å². The van der Waals surface area contributed by atoms with Gasteiger partial charge >= 0.3 is 6.36 Å². The van der Waals surface area contributed by atoms with Crippen molar-refractivity contribution in [2.75, 3.05) is 5.32 Å². The van der Waals surface area contributed by atoms with Crippen LogP contribution in [0.25, 0.3) is 5.65 Å². The summed E-state index contributed by atoms with van der Waals surface area (Å²) in [6, 6.07) is 8.29. The standard InChI is InChI=1S/C14H9F3N4O2/c15-14(16,17)23-11-4-2-1-3-10(11)13(22)19-9-5-6-12-20-18-8-21(12)7-9/h1-8H,(H,19,22). The van der Waals surface area contributed by atoms with Gasteiger partial charge in [-0.25, -0.2) is 0 Å². The fourth-order valence-corrected chi connectivity index (χ4v) is 1.97. The number of halogens is 3. The summed E-state index contributed by atoms with van der Waals surface area (Å²) in [5.74, 6) is -1.29. The highest BCUT2D eigenvalue weighted by Crippen LogP contribution is 2.26. The number of alkyl halides is 3. The quantitative estimate of drug-likeness (QED) is 0.805. The molecule has 3 aromatic rings. The predicted molar refractivity (Wildman–Crippen MR) is 74.1 cm³/mol. The van der Waals surface area contributed by atoms with Crippen LogP contribution in [0.15, 0.2) is 48.9 Å². The predicted octanol–water partition coefficient (Wildman–Crippen LogP) is 2.88. The lowest BCUT2D eigenvalue weighted by Gasteiger charge is -2.13. The highest BCUT2D eigenvalue weighted by atomic mass is 19.4. The zero-order valence-electron chi connectivity index (χ0n) is 11.4. The Morgan fingerprint density at radius 1 is 1.17 bits per heavy atom. The molecule has 6 nitrogen and oxygen atoms in total. The topological polar surface area (TPSA) is 68.5 Å². The molecule has 0 aliphatic heterocycles. The molecule has 2 aromatic heterocycles. The average molecular weight is 322 g/mol. The van der Waals surface area contributed by atoms with Gasteiger partial charge in [-0.05, 0) is 24.3 Å². The van der Waals surface area contributed by atoms with Gasteiger partial charge in [0.15, 0.2) is 5.65 Å². The first-order valence-corrected chi connectivity index (χ1v) is 6.38. The van der Waals surface area contributed by atoms with Crippen LogP contribution in [0.3, 0.4) is 0 Å². The maximum absolute atomic E-state index is 12.4. The van der Waals surface area contributed by atoms with Crippen LogP contribution in [0, 0.1) is 0 Å². The van der Waals surface area contributed by atoms with E-state index in [4.69, 9.17) is 0 Å². The van der Waals surface area contributed by atoms with Gasteiger partial charge in [0.1, 0.15) is 12.1 Å². The Hall–Kier alpha value is -3.10. The van der Waals surface area contributed by atoms with Gasteiger partial charge in [0.25, 0.3) is 5.91 Å². The second kappa shape index (κ2) is 5.59. The fourth-order valence-electron chi connectivity index (χ4n) is 1.97. The molecule has 0 bridgehead atoms. The molecule has 9 heteroatoms. The summed E-state index contributed by atoms with van der Waals surface area (Å²) < 4.78 is 42.6. The number of benzene rings is 1. The van der Waals surface area contributed by atoms with Crippen molar-refractivity contribution in [2.24, 2.45) is 0 Å². The third-order valence-electron chi connectivity index (χ3n) is 2.91. The molecule has 0 saturated carbocycles. The van der Waals surface area contributed by atoms with Crippen molar-refractivity contribution >= 4 is 17.2 Å². The minimum absolute atomic E-state index is 0.228. The molecule has 0 aliphatic rings. The van der Waals surface area contributed by atoms with Crippen LogP contribution in [0.2, 0.25) is 0 Å². The number of amides is 1. The van der Waals surface area contributed by atoms with E-state index in [0.29, 0.717) is 11.3 Å². The number of fused-ring (bicyclic) bond motifs is 1. The first-order valence-electron chi connectivity index (χ1n) is 6.38. The molecule has 0 fully saturated rings. The van der Waals surface area contributed by atoms with Crippen LogP contribution < -0.4 is 10.1 Å². The number of hydrogen-bond acceptors (Lipinski definition) is 4. The summed E-state index contributed by atoms with van der Waals surface area (Å²) in [7, 11) is 0. The average Bonchev–Trinajstić information content (AvgIpc) is 2.93. The van der Waals surface area contributed by atoms with Crippen LogP contribution in [-0.2, 0) is 0 Å². The lowest BCUT2D eigenvalue weighted by molar-refractivity contribution is -0.274. The Bertz CT molecular complexity index is 860. The minimum Gasteiger partial charge on any atom is -0.405 e. The number of carbonyl (C=O) groups excluding carboxylic acids is 1. The zero-order chi connectivity index (χ0) is 16.4. The number of hydrogen-bond donors (Lipinski definition) is 1. The third-order valence-corrected chi connectivity index (χ3v) is 2.91. The summed E-state index contributed by atoms with van der Waals surface area (Å²) >= 11 is 0. The second-order valence-electron chi connectivity index (χ2n) is 4.51. The lowest BCUT2D eigenvalue weighted by atomic mass is 10.2. The summed E-state index contributed by atoms with van der Waals surface area (Å²) in [4.78, 5) is 12.2. The molecular formula is C14H9F3N4O2. The van der Waals surface area contributed by atoms with Gasteiger partial charge in [-0.1, -0.05) is 12.1 Å². The molecule has 23 heavy (non-hydrogen) atoms. The Morgan fingerprint density at radius 3 is 2.74 bits per heavy atom. The molecule has 3 rings (SSSR count). The number of pyridine rings is 1. The molecule has 0 aliphatic carbocycles. The summed E-state index contributed by atoms with van der Waals surface area (Å²) in [5, 5.41) is 10.00. The van der Waals surface area contributed by atoms with E-state index in [1.165, 1.54) is 24.5 Å². The largest absolute Gasteiger partial charge is 0.573 e. The van der Waals surface area contributed by atoms with Crippen LogP contribution >= 0.6 is 0 Å².